The SMILES string of the molecule is CNC1CC1C1CCC1C. The summed E-state index contributed by atoms with van der Waals surface area (Å²) in [5.74, 6) is 3.16. The molecular weight excluding hydrogens is 122 g/mol. The Morgan fingerprint density at radius 1 is 1.20 bits per heavy atom. The van der Waals surface area contributed by atoms with Crippen molar-refractivity contribution >= 4 is 0 Å². The van der Waals surface area contributed by atoms with Gasteiger partial charge in [0, 0.05) is 6.04 Å². The Bertz CT molecular complexity index is 133. The predicted molar refractivity (Wildman–Crippen MR) is 42.8 cm³/mol. The van der Waals surface area contributed by atoms with Crippen LogP contribution in [0.25, 0.3) is 0 Å². The highest BCUT2D eigenvalue weighted by Gasteiger charge is 2.46. The Hall–Kier alpha value is -0.0400. The smallest absolute Gasteiger partial charge is 0.00989 e. The Morgan fingerprint density at radius 3 is 2.30 bits per heavy atom. The first-order valence-electron chi connectivity index (χ1n) is 4.50. The lowest BCUT2D eigenvalue weighted by Gasteiger charge is -2.34. The molecule has 0 aromatic heterocycles. The molecule has 4 atom stereocenters. The summed E-state index contributed by atoms with van der Waals surface area (Å²) in [6.45, 7) is 2.40. The molecule has 2 rings (SSSR count). The van der Waals surface area contributed by atoms with Crippen molar-refractivity contribution in [3.05, 3.63) is 0 Å². The van der Waals surface area contributed by atoms with Crippen LogP contribution in [-0.4, -0.2) is 13.1 Å². The molecule has 0 radical (unpaired) electrons. The van der Waals surface area contributed by atoms with Gasteiger partial charge in [-0.3, -0.25) is 0 Å². The molecule has 0 aromatic carbocycles. The Morgan fingerprint density at radius 2 is 2.00 bits per heavy atom. The Labute approximate surface area is 63.2 Å². The molecule has 1 heteroatoms. The van der Waals surface area contributed by atoms with Crippen LogP contribution in [0.3, 0.4) is 0 Å². The standard InChI is InChI=1S/C9H17N/c1-6-3-4-7(6)8-5-9(8)10-2/h6-10H,3-5H2,1-2H3. The maximum absolute atomic E-state index is 3.36. The minimum atomic E-state index is 0.882. The van der Waals surface area contributed by atoms with Gasteiger partial charge in [-0.1, -0.05) is 13.3 Å². The molecule has 2 saturated carbocycles. The van der Waals surface area contributed by atoms with Gasteiger partial charge in [0.15, 0.2) is 0 Å². The van der Waals surface area contributed by atoms with Crippen LogP contribution in [0.2, 0.25) is 0 Å². The van der Waals surface area contributed by atoms with E-state index in [2.05, 4.69) is 19.3 Å². The second-order valence-corrected chi connectivity index (χ2v) is 4.01. The van der Waals surface area contributed by atoms with Crippen molar-refractivity contribution in [3.63, 3.8) is 0 Å². The summed E-state index contributed by atoms with van der Waals surface area (Å²) in [5.41, 5.74) is 0. The fourth-order valence-electron chi connectivity index (χ4n) is 2.35. The third-order valence-electron chi connectivity index (χ3n) is 3.45. The summed E-state index contributed by atoms with van der Waals surface area (Å²) >= 11 is 0. The van der Waals surface area contributed by atoms with E-state index in [1.54, 1.807) is 0 Å². The third-order valence-corrected chi connectivity index (χ3v) is 3.45. The number of hydrogen-bond acceptors (Lipinski definition) is 1. The van der Waals surface area contributed by atoms with Gasteiger partial charge in [-0.25, -0.2) is 0 Å². The largest absolute Gasteiger partial charge is 0.317 e. The highest BCUT2D eigenvalue weighted by molar-refractivity contribution is 5.00. The molecule has 2 aliphatic carbocycles. The maximum atomic E-state index is 3.36. The van der Waals surface area contributed by atoms with Gasteiger partial charge in [-0.15, -0.1) is 0 Å². The summed E-state index contributed by atoms with van der Waals surface area (Å²) < 4.78 is 0. The van der Waals surface area contributed by atoms with Crippen molar-refractivity contribution in [1.29, 1.82) is 0 Å². The van der Waals surface area contributed by atoms with Crippen LogP contribution in [0.15, 0.2) is 0 Å². The van der Waals surface area contributed by atoms with Gasteiger partial charge in [-0.2, -0.15) is 0 Å². The molecule has 0 bridgehead atoms. The highest BCUT2D eigenvalue weighted by Crippen LogP contribution is 2.49. The van der Waals surface area contributed by atoms with E-state index in [4.69, 9.17) is 0 Å². The van der Waals surface area contributed by atoms with Crippen molar-refractivity contribution in [2.45, 2.75) is 32.2 Å². The first-order chi connectivity index (χ1) is 4.83. The molecule has 0 aliphatic heterocycles. The zero-order chi connectivity index (χ0) is 7.14. The summed E-state index contributed by atoms with van der Waals surface area (Å²) in [4.78, 5) is 0. The van der Waals surface area contributed by atoms with E-state index < -0.39 is 0 Å². The lowest BCUT2D eigenvalue weighted by Crippen LogP contribution is -2.28. The molecule has 0 spiro atoms. The summed E-state index contributed by atoms with van der Waals surface area (Å²) in [7, 11) is 2.09. The van der Waals surface area contributed by atoms with Gasteiger partial charge < -0.3 is 5.32 Å². The normalized spacial score (nSPS) is 52.2. The topological polar surface area (TPSA) is 12.0 Å². The van der Waals surface area contributed by atoms with Crippen molar-refractivity contribution in [1.82, 2.24) is 5.32 Å². The van der Waals surface area contributed by atoms with E-state index in [1.807, 2.05) is 0 Å². The van der Waals surface area contributed by atoms with Gasteiger partial charge in [0.1, 0.15) is 0 Å². The molecule has 2 fully saturated rings. The molecule has 58 valence electrons. The zero-order valence-electron chi connectivity index (χ0n) is 6.93. The van der Waals surface area contributed by atoms with E-state index in [0.717, 1.165) is 23.8 Å². The lowest BCUT2D eigenvalue weighted by atomic mass is 9.72. The van der Waals surface area contributed by atoms with Crippen LogP contribution >= 0.6 is 0 Å². The molecule has 0 heterocycles. The molecule has 0 amide bonds. The molecule has 4 unspecified atom stereocenters. The van der Waals surface area contributed by atoms with E-state index in [9.17, 15) is 0 Å². The highest BCUT2D eigenvalue weighted by atomic mass is 14.9. The summed E-state index contributed by atoms with van der Waals surface area (Å²) in [6.07, 6.45) is 4.44. The van der Waals surface area contributed by atoms with Gasteiger partial charge in [0.05, 0.1) is 0 Å². The van der Waals surface area contributed by atoms with Crippen LogP contribution in [-0.2, 0) is 0 Å². The van der Waals surface area contributed by atoms with Crippen molar-refractivity contribution in [3.8, 4) is 0 Å². The minimum Gasteiger partial charge on any atom is -0.317 e. The molecule has 1 nitrogen and oxygen atoms in total. The molecule has 2 aliphatic rings. The average molecular weight is 139 g/mol. The second kappa shape index (κ2) is 2.23. The van der Waals surface area contributed by atoms with Crippen LogP contribution in [0.1, 0.15) is 26.2 Å². The van der Waals surface area contributed by atoms with E-state index in [-0.39, 0.29) is 0 Å². The first-order valence-corrected chi connectivity index (χ1v) is 4.50. The van der Waals surface area contributed by atoms with Gasteiger partial charge in [0.2, 0.25) is 0 Å². The van der Waals surface area contributed by atoms with Crippen molar-refractivity contribution in [2.75, 3.05) is 7.05 Å². The monoisotopic (exact) mass is 139 g/mol. The fraction of sp³-hybridized carbons (Fsp3) is 1.00. The number of rotatable bonds is 2. The minimum absolute atomic E-state index is 0.882. The van der Waals surface area contributed by atoms with Crippen LogP contribution in [0, 0.1) is 17.8 Å². The van der Waals surface area contributed by atoms with Gasteiger partial charge >= 0.3 is 0 Å². The molecule has 1 N–H and O–H groups in total. The zero-order valence-corrected chi connectivity index (χ0v) is 6.93. The van der Waals surface area contributed by atoms with E-state index >= 15 is 0 Å². The van der Waals surface area contributed by atoms with E-state index in [0.29, 0.717) is 0 Å². The van der Waals surface area contributed by atoms with Gasteiger partial charge in [-0.05, 0) is 37.6 Å². The molecular formula is C9H17N. The Balaban J connectivity index is 1.81. The van der Waals surface area contributed by atoms with E-state index in [1.165, 1.54) is 19.3 Å². The van der Waals surface area contributed by atoms with Crippen molar-refractivity contribution < 1.29 is 0 Å². The lowest BCUT2D eigenvalue weighted by molar-refractivity contribution is 0.164. The summed E-state index contributed by atoms with van der Waals surface area (Å²) in [5, 5.41) is 3.36. The van der Waals surface area contributed by atoms with Gasteiger partial charge in [0.25, 0.3) is 0 Å². The average Bonchev–Trinajstić information content (AvgIpc) is 2.64. The third kappa shape index (κ3) is 0.878. The second-order valence-electron chi connectivity index (χ2n) is 4.01. The maximum Gasteiger partial charge on any atom is 0.00989 e. The van der Waals surface area contributed by atoms with Crippen LogP contribution in [0.4, 0.5) is 0 Å². The van der Waals surface area contributed by atoms with Crippen LogP contribution in [0.5, 0.6) is 0 Å². The Kier molecular flexibility index (Phi) is 1.48. The quantitative estimate of drug-likeness (QED) is 0.613. The first kappa shape index (κ1) is 6.66. The predicted octanol–water partition coefficient (Wildman–Crippen LogP) is 1.64. The number of hydrogen-bond donors (Lipinski definition) is 1. The molecule has 0 aromatic rings. The molecule has 0 saturated heterocycles. The summed E-state index contributed by atoms with van der Waals surface area (Å²) in [6, 6.07) is 0.882. The number of nitrogens with one attached hydrogen (secondary N) is 1. The van der Waals surface area contributed by atoms with Crippen LogP contribution < -0.4 is 5.32 Å². The molecule has 10 heavy (non-hydrogen) atoms. The fourth-order valence-corrected chi connectivity index (χ4v) is 2.35. The van der Waals surface area contributed by atoms with Crippen molar-refractivity contribution in [2.24, 2.45) is 17.8 Å².